The molecular formula is C8H11N3O4S. The number of carboxylic acids is 1. The Bertz CT molecular complexity index is 507. The topological polar surface area (TPSA) is 112 Å². The van der Waals surface area contributed by atoms with Crippen LogP contribution in [-0.4, -0.2) is 47.5 Å². The highest BCUT2D eigenvalue weighted by atomic mass is 32.2. The molecule has 0 aromatic carbocycles. The second-order valence-corrected chi connectivity index (χ2v) is 5.84. The average Bonchev–Trinajstić information content (AvgIpc) is 2.64. The third kappa shape index (κ3) is 2.22. The predicted molar refractivity (Wildman–Crippen MR) is 54.9 cm³/mol. The molecule has 0 radical (unpaired) electrons. The molecule has 0 amide bonds. The van der Waals surface area contributed by atoms with Crippen LogP contribution in [0.1, 0.15) is 22.4 Å². The Morgan fingerprint density at radius 3 is 2.88 bits per heavy atom. The number of nitrogens with one attached hydrogen (secondary N) is 2. The summed E-state index contributed by atoms with van der Waals surface area (Å²) in [5, 5.41) is 11.7. The number of carbonyl (C=O) groups is 1. The van der Waals surface area contributed by atoms with Crippen LogP contribution < -0.4 is 5.32 Å². The number of carboxylic acid groups (broad SMARTS) is 1. The van der Waals surface area contributed by atoms with Crippen LogP contribution in [0.3, 0.4) is 0 Å². The largest absolute Gasteiger partial charge is 0.477 e. The summed E-state index contributed by atoms with van der Waals surface area (Å²) in [6.45, 7) is 0.357. The van der Waals surface area contributed by atoms with Crippen LogP contribution >= 0.6 is 0 Å². The van der Waals surface area contributed by atoms with Crippen molar-refractivity contribution in [3.05, 3.63) is 17.7 Å². The molecule has 1 aliphatic rings. The van der Waals surface area contributed by atoms with Crippen LogP contribution in [-0.2, 0) is 9.84 Å². The van der Waals surface area contributed by atoms with Gasteiger partial charge in [0.05, 0.1) is 23.7 Å². The minimum absolute atomic E-state index is 0.0419. The molecule has 2 rings (SSSR count). The zero-order valence-electron chi connectivity index (χ0n) is 8.30. The van der Waals surface area contributed by atoms with Crippen molar-refractivity contribution < 1.29 is 18.3 Å². The van der Waals surface area contributed by atoms with Gasteiger partial charge in [0.25, 0.3) is 0 Å². The van der Waals surface area contributed by atoms with Gasteiger partial charge in [-0.2, -0.15) is 0 Å². The van der Waals surface area contributed by atoms with Crippen molar-refractivity contribution in [2.45, 2.75) is 6.04 Å². The van der Waals surface area contributed by atoms with Crippen LogP contribution in [0.4, 0.5) is 0 Å². The van der Waals surface area contributed by atoms with Gasteiger partial charge < -0.3 is 15.4 Å². The summed E-state index contributed by atoms with van der Waals surface area (Å²) in [7, 11) is -3.06. The summed E-state index contributed by atoms with van der Waals surface area (Å²) in [6.07, 6.45) is 1.18. The molecular weight excluding hydrogens is 234 g/mol. The van der Waals surface area contributed by atoms with E-state index in [1.807, 2.05) is 0 Å². The van der Waals surface area contributed by atoms with Gasteiger partial charge in [-0.05, 0) is 0 Å². The lowest BCUT2D eigenvalue weighted by molar-refractivity contribution is 0.0691. The lowest BCUT2D eigenvalue weighted by Crippen LogP contribution is -2.39. The molecule has 1 aliphatic heterocycles. The highest BCUT2D eigenvalue weighted by molar-refractivity contribution is 7.91. The summed E-state index contributed by atoms with van der Waals surface area (Å²) in [5.74, 6) is -0.714. The maximum Gasteiger partial charge on any atom is 0.353 e. The van der Waals surface area contributed by atoms with Crippen molar-refractivity contribution in [1.82, 2.24) is 15.3 Å². The van der Waals surface area contributed by atoms with Gasteiger partial charge in [0.1, 0.15) is 11.5 Å². The number of H-pyrrole nitrogens is 1. The number of aromatic nitrogens is 2. The molecule has 1 aromatic rings. The molecule has 7 nitrogen and oxygen atoms in total. The molecule has 0 aliphatic carbocycles. The van der Waals surface area contributed by atoms with Crippen LogP contribution in [0, 0.1) is 0 Å². The highest BCUT2D eigenvalue weighted by Gasteiger charge is 2.27. The Balaban J connectivity index is 2.20. The summed E-state index contributed by atoms with van der Waals surface area (Å²) >= 11 is 0. The molecule has 88 valence electrons. The van der Waals surface area contributed by atoms with Gasteiger partial charge in [-0.1, -0.05) is 0 Å². The first-order valence-corrected chi connectivity index (χ1v) is 6.52. The van der Waals surface area contributed by atoms with Gasteiger partial charge in [0, 0.05) is 6.54 Å². The first-order valence-electron chi connectivity index (χ1n) is 4.70. The van der Waals surface area contributed by atoms with E-state index in [0.717, 1.165) is 0 Å². The Morgan fingerprint density at radius 2 is 2.31 bits per heavy atom. The van der Waals surface area contributed by atoms with E-state index in [2.05, 4.69) is 15.3 Å². The lowest BCUT2D eigenvalue weighted by atomic mass is 10.3. The van der Waals surface area contributed by atoms with Crippen molar-refractivity contribution in [2.75, 3.05) is 18.1 Å². The molecule has 16 heavy (non-hydrogen) atoms. The normalized spacial score (nSPS) is 24.1. The fraction of sp³-hybridized carbons (Fsp3) is 0.500. The van der Waals surface area contributed by atoms with E-state index in [0.29, 0.717) is 12.4 Å². The fourth-order valence-corrected chi connectivity index (χ4v) is 2.96. The number of nitrogens with zero attached hydrogens (tertiary/aromatic N) is 1. The molecule has 0 spiro atoms. The molecule has 1 fully saturated rings. The number of aromatic amines is 1. The first-order chi connectivity index (χ1) is 7.48. The maximum atomic E-state index is 11.4. The smallest absolute Gasteiger partial charge is 0.353 e. The average molecular weight is 245 g/mol. The van der Waals surface area contributed by atoms with E-state index in [1.54, 1.807) is 0 Å². The van der Waals surface area contributed by atoms with Crippen molar-refractivity contribution >= 4 is 15.8 Å². The van der Waals surface area contributed by atoms with Crippen LogP contribution in [0.25, 0.3) is 0 Å². The standard InChI is InChI=1S/C8H11N3O4S/c12-8(13)5-3-10-7(11-5)6-4-16(14,15)2-1-9-6/h3,6,9H,1-2,4H2,(H,10,11)(H,12,13). The zero-order chi connectivity index (χ0) is 11.8. The Labute approximate surface area is 91.8 Å². The predicted octanol–water partition coefficient (Wildman–Crippen LogP) is -0.833. The monoisotopic (exact) mass is 245 g/mol. The first kappa shape index (κ1) is 11.1. The third-order valence-corrected chi connectivity index (χ3v) is 4.05. The van der Waals surface area contributed by atoms with Crippen molar-refractivity contribution in [3.8, 4) is 0 Å². The Kier molecular flexibility index (Phi) is 2.68. The minimum Gasteiger partial charge on any atom is -0.477 e. The van der Waals surface area contributed by atoms with Crippen molar-refractivity contribution in [1.29, 1.82) is 0 Å². The van der Waals surface area contributed by atoms with Gasteiger partial charge in [0.2, 0.25) is 0 Å². The number of hydrogen-bond donors (Lipinski definition) is 3. The molecule has 1 aromatic heterocycles. The highest BCUT2D eigenvalue weighted by Crippen LogP contribution is 2.15. The molecule has 2 heterocycles. The van der Waals surface area contributed by atoms with Crippen LogP contribution in [0.15, 0.2) is 6.20 Å². The van der Waals surface area contributed by atoms with Gasteiger partial charge in [-0.3, -0.25) is 0 Å². The van der Waals surface area contributed by atoms with Gasteiger partial charge in [-0.15, -0.1) is 0 Å². The quantitative estimate of drug-likeness (QED) is 0.626. The van der Waals surface area contributed by atoms with Crippen molar-refractivity contribution in [3.63, 3.8) is 0 Å². The van der Waals surface area contributed by atoms with Gasteiger partial charge >= 0.3 is 5.97 Å². The molecule has 8 heteroatoms. The van der Waals surface area contributed by atoms with E-state index >= 15 is 0 Å². The number of rotatable bonds is 2. The molecule has 1 atom stereocenters. The van der Waals surface area contributed by atoms with E-state index in [9.17, 15) is 13.2 Å². The van der Waals surface area contributed by atoms with Crippen molar-refractivity contribution in [2.24, 2.45) is 0 Å². The SMILES string of the molecule is O=C(O)c1cnc(C2CS(=O)(=O)CCN2)[nH]1. The van der Waals surface area contributed by atoms with E-state index in [1.165, 1.54) is 6.20 Å². The fourth-order valence-electron chi connectivity index (χ4n) is 1.58. The molecule has 1 saturated heterocycles. The second-order valence-electron chi connectivity index (χ2n) is 3.61. The molecule has 0 bridgehead atoms. The van der Waals surface area contributed by atoms with Crippen LogP contribution in [0.5, 0.6) is 0 Å². The zero-order valence-corrected chi connectivity index (χ0v) is 9.12. The Hall–Kier alpha value is -1.41. The van der Waals surface area contributed by atoms with Gasteiger partial charge in [0.15, 0.2) is 9.84 Å². The number of hydrogen-bond acceptors (Lipinski definition) is 5. The number of imidazole rings is 1. The second kappa shape index (κ2) is 3.87. The summed E-state index contributed by atoms with van der Waals surface area (Å²) in [6, 6.07) is -0.452. The summed E-state index contributed by atoms with van der Waals surface area (Å²) in [4.78, 5) is 17.1. The van der Waals surface area contributed by atoms with E-state index < -0.39 is 21.8 Å². The maximum absolute atomic E-state index is 11.4. The number of sulfone groups is 1. The van der Waals surface area contributed by atoms with E-state index in [4.69, 9.17) is 5.11 Å². The summed E-state index contributed by atoms with van der Waals surface area (Å²) in [5.41, 5.74) is -0.0419. The minimum atomic E-state index is -3.06. The third-order valence-electron chi connectivity index (χ3n) is 2.38. The number of aromatic carboxylic acids is 1. The lowest BCUT2D eigenvalue weighted by Gasteiger charge is -2.21. The molecule has 3 N–H and O–H groups in total. The van der Waals surface area contributed by atoms with Gasteiger partial charge in [-0.25, -0.2) is 18.2 Å². The van der Waals surface area contributed by atoms with Crippen LogP contribution in [0.2, 0.25) is 0 Å². The van der Waals surface area contributed by atoms with E-state index in [-0.39, 0.29) is 17.2 Å². The summed E-state index contributed by atoms with van der Waals surface area (Å²) < 4.78 is 22.8. The Morgan fingerprint density at radius 1 is 1.56 bits per heavy atom. The molecule has 0 saturated carbocycles. The molecule has 1 unspecified atom stereocenters.